The van der Waals surface area contributed by atoms with Crippen molar-refractivity contribution < 1.29 is 9.25 Å². The van der Waals surface area contributed by atoms with Crippen molar-refractivity contribution in [3.8, 4) is 28.2 Å². The normalized spacial score (nSPS) is 16.4. The fourth-order valence-corrected chi connectivity index (χ4v) is 9.72. The van der Waals surface area contributed by atoms with Gasteiger partial charge in [-0.2, -0.15) is 9.13 Å². The number of aromatic nitrogens is 5. The highest BCUT2D eigenvalue weighted by Gasteiger charge is 2.68. The maximum Gasteiger partial charge on any atom is 0.394 e. The Bertz CT molecular complexity index is 3120. The molecule has 5 nitrogen and oxygen atoms in total. The predicted octanol–water partition coefficient (Wildman–Crippen LogP) is 8.30. The van der Waals surface area contributed by atoms with E-state index in [-0.39, 0.29) is 0 Å². The van der Waals surface area contributed by atoms with Crippen molar-refractivity contribution in [3.63, 3.8) is 0 Å². The van der Waals surface area contributed by atoms with E-state index in [4.69, 9.17) is 0 Å². The van der Waals surface area contributed by atoms with E-state index >= 15 is 0 Å². The summed E-state index contributed by atoms with van der Waals surface area (Å²) in [6.07, 6.45) is 7.06. The molecule has 1 spiro atoms. The van der Waals surface area contributed by atoms with Crippen molar-refractivity contribution >= 4 is 54.5 Å². The van der Waals surface area contributed by atoms with E-state index in [1.807, 2.05) is 0 Å². The van der Waals surface area contributed by atoms with Gasteiger partial charge in [0.1, 0.15) is 22.3 Å². The molecule has 13 rings (SSSR count). The lowest BCUT2D eigenvalue weighted by atomic mass is 9.83. The molecule has 1 unspecified atom stereocenters. The van der Waals surface area contributed by atoms with E-state index in [0.29, 0.717) is 0 Å². The predicted molar refractivity (Wildman–Crippen MR) is 189 cm³/mol. The van der Waals surface area contributed by atoms with Gasteiger partial charge in [-0.3, -0.25) is 0 Å². The van der Waals surface area contributed by atoms with Crippen LogP contribution in [-0.4, -0.2) is 13.8 Å². The highest BCUT2D eigenvalue weighted by atomic mass is 15.5. The largest absolute Gasteiger partial charge is 0.394 e. The molecule has 48 heavy (non-hydrogen) atoms. The van der Waals surface area contributed by atoms with E-state index in [1.165, 1.54) is 93.8 Å². The van der Waals surface area contributed by atoms with E-state index < -0.39 is 5.66 Å². The van der Waals surface area contributed by atoms with Gasteiger partial charge in [0, 0.05) is 16.2 Å². The fraction of sp³-hybridized carbons (Fsp3) is 0.0233. The summed E-state index contributed by atoms with van der Waals surface area (Å²) in [6.45, 7) is 0. The number of nitrogens with zero attached hydrogens (tertiary/aromatic N) is 5. The van der Waals surface area contributed by atoms with Crippen LogP contribution in [0, 0.1) is 0 Å². The van der Waals surface area contributed by atoms with Gasteiger partial charge < -0.3 is 4.57 Å². The Morgan fingerprint density at radius 3 is 2.06 bits per heavy atom. The van der Waals surface area contributed by atoms with E-state index in [0.717, 1.165) is 0 Å². The van der Waals surface area contributed by atoms with Crippen molar-refractivity contribution in [1.82, 2.24) is 13.8 Å². The van der Waals surface area contributed by atoms with Crippen molar-refractivity contribution in [2.24, 2.45) is 0 Å². The lowest BCUT2D eigenvalue weighted by Gasteiger charge is -2.33. The first-order valence-electron chi connectivity index (χ1n) is 16.6. The van der Waals surface area contributed by atoms with Crippen LogP contribution in [0.15, 0.2) is 152 Å². The van der Waals surface area contributed by atoms with Crippen LogP contribution in [0.4, 0.5) is 0 Å². The average molecular weight is 612 g/mol. The van der Waals surface area contributed by atoms with Gasteiger partial charge >= 0.3 is 11.3 Å². The minimum absolute atomic E-state index is 0.655. The molecule has 0 saturated carbocycles. The highest BCUT2D eigenvalue weighted by Crippen LogP contribution is 2.53. The lowest BCUT2D eigenvalue weighted by molar-refractivity contribution is -0.987. The summed E-state index contributed by atoms with van der Waals surface area (Å²) in [6, 6.07) is 49.3. The average Bonchev–Trinajstić information content (AvgIpc) is 3.88. The third kappa shape index (κ3) is 2.37. The molecule has 3 aliphatic rings. The van der Waals surface area contributed by atoms with Crippen molar-refractivity contribution in [2.75, 3.05) is 0 Å². The Labute approximate surface area is 274 Å². The molecule has 0 bridgehead atoms. The van der Waals surface area contributed by atoms with Crippen LogP contribution in [0.1, 0.15) is 11.1 Å². The van der Waals surface area contributed by atoms with Crippen LogP contribution in [0.25, 0.3) is 82.7 Å². The van der Waals surface area contributed by atoms with Gasteiger partial charge in [0.2, 0.25) is 6.20 Å². The molecular weight excluding hydrogens is 587 g/mol. The van der Waals surface area contributed by atoms with E-state index in [1.54, 1.807) is 0 Å². The second-order valence-corrected chi connectivity index (χ2v) is 13.4. The molecule has 0 aliphatic carbocycles. The summed E-state index contributed by atoms with van der Waals surface area (Å²) in [5.41, 5.74) is 13.1. The number of hydrogen-bond acceptors (Lipinski definition) is 0. The molecule has 0 fully saturated rings. The van der Waals surface area contributed by atoms with Crippen LogP contribution in [-0.2, 0) is 5.66 Å². The zero-order valence-corrected chi connectivity index (χ0v) is 25.7. The van der Waals surface area contributed by atoms with Crippen molar-refractivity contribution in [2.45, 2.75) is 5.66 Å². The zero-order chi connectivity index (χ0) is 30.9. The standard InChI is InChI=1S/C43H25N5/c1-2-12-28-26(10-1)11-7-15-29(28)27-24-45-36-22-21-32-30-13-3-5-17-34(30)47-37-19-8-20-38-39(37)43(46(45)25-27,40(36)41(32)47)44-23-9-16-33-31-14-4-6-18-35(31)48(38)42(33)44/h1-25H/q+2. The van der Waals surface area contributed by atoms with Crippen LogP contribution in [0.2, 0.25) is 0 Å². The molecule has 0 radical (unpaired) electrons. The molecular formula is C43H25N5+2. The Hall–Kier alpha value is -6.46. The summed E-state index contributed by atoms with van der Waals surface area (Å²) >= 11 is 0. The van der Waals surface area contributed by atoms with Crippen LogP contribution in [0.3, 0.4) is 0 Å². The fourth-order valence-electron chi connectivity index (χ4n) is 9.72. The first-order valence-corrected chi connectivity index (χ1v) is 16.6. The molecule has 0 N–H and O–H groups in total. The number of pyridine rings is 1. The van der Waals surface area contributed by atoms with Crippen molar-refractivity contribution in [3.05, 3.63) is 163 Å². The lowest BCUT2D eigenvalue weighted by Crippen LogP contribution is -2.76. The zero-order valence-electron chi connectivity index (χ0n) is 25.7. The summed E-state index contributed by atoms with van der Waals surface area (Å²) in [7, 11) is 0. The van der Waals surface area contributed by atoms with Gasteiger partial charge in [0.25, 0.3) is 0 Å². The van der Waals surface area contributed by atoms with Crippen molar-refractivity contribution in [1.29, 1.82) is 0 Å². The first-order chi connectivity index (χ1) is 23.8. The Kier molecular flexibility index (Phi) is 3.84. The smallest absolute Gasteiger partial charge is 0.307 e. The molecule has 1 atom stereocenters. The molecule has 10 aromatic rings. The monoisotopic (exact) mass is 611 g/mol. The van der Waals surface area contributed by atoms with Gasteiger partial charge in [0.15, 0.2) is 5.69 Å². The number of benzene rings is 6. The summed E-state index contributed by atoms with van der Waals surface area (Å²) < 4.78 is 12.6. The van der Waals surface area contributed by atoms with Gasteiger partial charge in [-0.05, 0) is 70.9 Å². The van der Waals surface area contributed by atoms with Gasteiger partial charge in [-0.1, -0.05) is 83.5 Å². The summed E-state index contributed by atoms with van der Waals surface area (Å²) in [5, 5.41) is 7.63. The Morgan fingerprint density at radius 2 is 1.19 bits per heavy atom. The molecule has 3 aliphatic heterocycles. The van der Waals surface area contributed by atoms with Crippen LogP contribution in [0.5, 0.6) is 0 Å². The van der Waals surface area contributed by atoms with Gasteiger partial charge in [0.05, 0.1) is 40.1 Å². The highest BCUT2D eigenvalue weighted by molar-refractivity contribution is 6.13. The third-order valence-corrected chi connectivity index (χ3v) is 11.4. The van der Waals surface area contributed by atoms with E-state index in [9.17, 15) is 0 Å². The first kappa shape index (κ1) is 23.8. The minimum Gasteiger partial charge on any atom is -0.307 e. The molecule has 4 aromatic heterocycles. The van der Waals surface area contributed by atoms with Crippen LogP contribution < -0.4 is 9.25 Å². The topological polar surface area (TPSA) is 22.5 Å². The number of hydrogen-bond donors (Lipinski definition) is 0. The molecule has 7 heterocycles. The van der Waals surface area contributed by atoms with Gasteiger partial charge in [-0.25, -0.2) is 0 Å². The maximum absolute atomic E-state index is 2.57. The summed E-state index contributed by atoms with van der Waals surface area (Å²) in [4.78, 5) is 0. The SMILES string of the molecule is c1cc2c3c(c1)-n1c4ccccc4c4ccc[n+](c41)C31c3c(ccc4c5ccccc5n-2c34)-n2cc(-c3cccc4ccccc34)c[n+]21. The number of rotatable bonds is 1. The number of fused-ring (bicyclic) bond motifs is 11. The minimum atomic E-state index is -0.655. The molecule has 6 aromatic carbocycles. The molecule has 220 valence electrons. The summed E-state index contributed by atoms with van der Waals surface area (Å²) in [5.74, 6) is 0. The number of para-hydroxylation sites is 2. The maximum atomic E-state index is 2.57. The second-order valence-electron chi connectivity index (χ2n) is 13.4. The molecule has 0 amide bonds. The van der Waals surface area contributed by atoms with Crippen LogP contribution >= 0.6 is 0 Å². The Balaban J connectivity index is 1.30. The molecule has 5 heteroatoms. The quantitative estimate of drug-likeness (QED) is 0.167. The van der Waals surface area contributed by atoms with Gasteiger partial charge in [-0.15, -0.1) is 4.68 Å². The Morgan fingerprint density at radius 1 is 0.500 bits per heavy atom. The molecule has 0 saturated heterocycles. The third-order valence-electron chi connectivity index (χ3n) is 11.4. The van der Waals surface area contributed by atoms with E-state index in [2.05, 4.69) is 175 Å². The second kappa shape index (κ2) is 7.73.